The number of likely N-dealkylation sites (tertiary alicyclic amines) is 1. The maximum Gasteiger partial charge on any atom is 0.253 e. The average molecular weight is 352 g/mol. The normalized spacial score (nSPS) is 34.9. The molecule has 0 radical (unpaired) electrons. The summed E-state index contributed by atoms with van der Waals surface area (Å²) in [5.41, 5.74) is 1.42. The molecule has 4 heteroatoms. The predicted molar refractivity (Wildman–Crippen MR) is 101 cm³/mol. The summed E-state index contributed by atoms with van der Waals surface area (Å²) in [5.74, 6) is 2.64. The van der Waals surface area contributed by atoms with E-state index in [0.717, 1.165) is 74.2 Å². The molecule has 4 nitrogen and oxygen atoms in total. The first kappa shape index (κ1) is 16.3. The number of anilines is 1. The molecule has 0 unspecified atom stereocenters. The van der Waals surface area contributed by atoms with Crippen molar-refractivity contribution in [2.45, 2.75) is 51.4 Å². The highest BCUT2D eigenvalue weighted by atomic mass is 16.2. The van der Waals surface area contributed by atoms with E-state index in [9.17, 15) is 9.59 Å². The first-order valence-electron chi connectivity index (χ1n) is 10.3. The Morgan fingerprint density at radius 3 is 1.96 bits per heavy atom. The minimum atomic E-state index is -0.126. The minimum absolute atomic E-state index is 0.112. The first-order valence-corrected chi connectivity index (χ1v) is 10.3. The lowest BCUT2D eigenvalue weighted by Crippen LogP contribution is -2.51. The zero-order valence-electron chi connectivity index (χ0n) is 15.4. The van der Waals surface area contributed by atoms with Crippen LogP contribution in [-0.4, -0.2) is 29.8 Å². The van der Waals surface area contributed by atoms with Gasteiger partial charge in [-0.2, -0.15) is 0 Å². The molecule has 0 atom stereocenters. The molecule has 2 amide bonds. The highest BCUT2D eigenvalue weighted by Crippen LogP contribution is 2.60. The number of rotatable bonds is 3. The van der Waals surface area contributed by atoms with Crippen molar-refractivity contribution in [3.8, 4) is 0 Å². The van der Waals surface area contributed by atoms with Gasteiger partial charge in [0.15, 0.2) is 0 Å². The van der Waals surface area contributed by atoms with Gasteiger partial charge in [0.05, 0.1) is 5.41 Å². The third-order valence-corrected chi connectivity index (χ3v) is 7.30. The summed E-state index contributed by atoms with van der Waals surface area (Å²) in [6, 6.07) is 7.50. The third-order valence-electron chi connectivity index (χ3n) is 7.30. The van der Waals surface area contributed by atoms with Crippen molar-refractivity contribution in [2.75, 3.05) is 18.4 Å². The average Bonchev–Trinajstić information content (AvgIpc) is 3.15. The lowest BCUT2D eigenvalue weighted by molar-refractivity contribution is -0.140. The summed E-state index contributed by atoms with van der Waals surface area (Å²) in [4.78, 5) is 27.5. The molecule has 6 rings (SSSR count). The van der Waals surface area contributed by atoms with Crippen LogP contribution in [0.3, 0.4) is 0 Å². The highest BCUT2D eigenvalue weighted by molar-refractivity contribution is 5.97. The van der Waals surface area contributed by atoms with Crippen molar-refractivity contribution in [3.05, 3.63) is 29.8 Å². The Labute approximate surface area is 155 Å². The summed E-state index contributed by atoms with van der Waals surface area (Å²) in [6.45, 7) is 1.73. The molecule has 26 heavy (non-hydrogen) atoms. The number of amides is 2. The largest absolute Gasteiger partial charge is 0.339 e. The molecule has 1 heterocycles. The van der Waals surface area contributed by atoms with Gasteiger partial charge in [0, 0.05) is 24.3 Å². The monoisotopic (exact) mass is 352 g/mol. The Morgan fingerprint density at radius 1 is 0.885 bits per heavy atom. The Bertz CT molecular complexity index is 683. The lowest BCUT2D eigenvalue weighted by atomic mass is 9.49. The number of nitrogens with one attached hydrogen (secondary N) is 1. The van der Waals surface area contributed by atoms with E-state index in [-0.39, 0.29) is 17.2 Å². The van der Waals surface area contributed by atoms with Crippen molar-refractivity contribution in [2.24, 2.45) is 23.2 Å². The molecule has 4 bridgehead atoms. The molecule has 1 N–H and O–H groups in total. The predicted octanol–water partition coefficient (Wildman–Crippen LogP) is 4.08. The van der Waals surface area contributed by atoms with Crippen molar-refractivity contribution >= 4 is 17.5 Å². The van der Waals surface area contributed by atoms with E-state index in [1.807, 2.05) is 29.2 Å². The highest BCUT2D eigenvalue weighted by Gasteiger charge is 2.54. The molecule has 1 aliphatic heterocycles. The fraction of sp³-hybridized carbons (Fsp3) is 0.636. The van der Waals surface area contributed by atoms with Crippen LogP contribution in [0.15, 0.2) is 24.3 Å². The second-order valence-electron chi connectivity index (χ2n) is 9.23. The van der Waals surface area contributed by atoms with Crippen molar-refractivity contribution in [1.82, 2.24) is 4.90 Å². The molecule has 1 aromatic rings. The molecule has 1 saturated heterocycles. The number of carbonyl (C=O) groups excluding carboxylic acids is 2. The molecule has 0 aromatic heterocycles. The smallest absolute Gasteiger partial charge is 0.253 e. The van der Waals surface area contributed by atoms with Gasteiger partial charge in [0.2, 0.25) is 5.91 Å². The van der Waals surface area contributed by atoms with Crippen LogP contribution in [0.1, 0.15) is 61.7 Å². The van der Waals surface area contributed by atoms with Gasteiger partial charge < -0.3 is 10.2 Å². The molecule has 0 spiro atoms. The standard InChI is InChI=1S/C22H28N2O2/c25-20(24-7-1-2-8-24)18-3-5-19(6-4-18)23-21(26)22-12-15-9-16(13-22)11-17(10-15)14-22/h3-6,15-17H,1-2,7-14H2,(H,23,26). The van der Waals surface area contributed by atoms with Gasteiger partial charge in [0.1, 0.15) is 0 Å². The summed E-state index contributed by atoms with van der Waals surface area (Å²) >= 11 is 0. The van der Waals surface area contributed by atoms with E-state index in [1.54, 1.807) is 0 Å². The summed E-state index contributed by atoms with van der Waals surface area (Å²) < 4.78 is 0. The van der Waals surface area contributed by atoms with Crippen molar-refractivity contribution in [3.63, 3.8) is 0 Å². The van der Waals surface area contributed by atoms with E-state index >= 15 is 0 Å². The van der Waals surface area contributed by atoms with E-state index < -0.39 is 0 Å². The van der Waals surface area contributed by atoms with E-state index in [0.29, 0.717) is 0 Å². The summed E-state index contributed by atoms with van der Waals surface area (Å²) in [5, 5.41) is 3.17. The van der Waals surface area contributed by atoms with Gasteiger partial charge in [-0.3, -0.25) is 9.59 Å². The van der Waals surface area contributed by atoms with Gasteiger partial charge in [0.25, 0.3) is 5.91 Å². The second-order valence-corrected chi connectivity index (χ2v) is 9.23. The Morgan fingerprint density at radius 2 is 1.42 bits per heavy atom. The number of benzene rings is 1. The molecule has 5 aliphatic rings. The second kappa shape index (κ2) is 6.11. The quantitative estimate of drug-likeness (QED) is 0.891. The van der Waals surface area contributed by atoms with Gasteiger partial charge >= 0.3 is 0 Å². The maximum atomic E-state index is 13.1. The number of hydrogen-bond acceptors (Lipinski definition) is 2. The Hall–Kier alpha value is -1.84. The molecule has 138 valence electrons. The lowest BCUT2D eigenvalue weighted by Gasteiger charge is -2.55. The van der Waals surface area contributed by atoms with E-state index in [1.165, 1.54) is 19.3 Å². The topological polar surface area (TPSA) is 49.4 Å². The van der Waals surface area contributed by atoms with Crippen LogP contribution in [-0.2, 0) is 4.79 Å². The zero-order valence-corrected chi connectivity index (χ0v) is 15.4. The van der Waals surface area contributed by atoms with Gasteiger partial charge in [-0.25, -0.2) is 0 Å². The Kier molecular flexibility index (Phi) is 3.84. The van der Waals surface area contributed by atoms with E-state index in [2.05, 4.69) is 5.32 Å². The summed E-state index contributed by atoms with van der Waals surface area (Å²) in [6.07, 6.45) is 9.48. The molecular formula is C22H28N2O2. The number of hydrogen-bond donors (Lipinski definition) is 1. The van der Waals surface area contributed by atoms with Crippen LogP contribution < -0.4 is 5.32 Å². The molecular weight excluding hydrogens is 324 g/mol. The molecule has 4 aliphatic carbocycles. The zero-order chi connectivity index (χ0) is 17.7. The van der Waals surface area contributed by atoms with Crippen LogP contribution in [0, 0.1) is 23.2 Å². The van der Waals surface area contributed by atoms with Gasteiger partial charge in [-0.15, -0.1) is 0 Å². The minimum Gasteiger partial charge on any atom is -0.339 e. The van der Waals surface area contributed by atoms with Crippen molar-refractivity contribution in [1.29, 1.82) is 0 Å². The van der Waals surface area contributed by atoms with Crippen molar-refractivity contribution < 1.29 is 9.59 Å². The fourth-order valence-electron chi connectivity index (χ4n) is 6.45. The first-order chi connectivity index (χ1) is 12.6. The number of carbonyl (C=O) groups is 2. The van der Waals surface area contributed by atoms with Gasteiger partial charge in [-0.1, -0.05) is 0 Å². The van der Waals surface area contributed by atoms with Crippen LogP contribution in [0.5, 0.6) is 0 Å². The summed E-state index contributed by atoms with van der Waals surface area (Å²) in [7, 11) is 0. The molecule has 5 fully saturated rings. The molecule has 1 aromatic carbocycles. The fourth-order valence-corrected chi connectivity index (χ4v) is 6.45. The van der Waals surface area contributed by atoms with Crippen LogP contribution >= 0.6 is 0 Å². The van der Waals surface area contributed by atoms with Crippen LogP contribution in [0.4, 0.5) is 5.69 Å². The SMILES string of the molecule is O=C(c1ccc(NC(=O)C23CC4CC(CC(C4)C2)C3)cc1)N1CCCC1. The Balaban J connectivity index is 1.28. The van der Waals surface area contributed by atoms with Crippen LogP contribution in [0.25, 0.3) is 0 Å². The maximum absolute atomic E-state index is 13.1. The molecule has 4 saturated carbocycles. The van der Waals surface area contributed by atoms with Gasteiger partial charge in [-0.05, 0) is 93.4 Å². The third kappa shape index (κ3) is 2.74. The number of nitrogens with zero attached hydrogens (tertiary/aromatic N) is 1. The van der Waals surface area contributed by atoms with Crippen LogP contribution in [0.2, 0.25) is 0 Å². The van der Waals surface area contributed by atoms with E-state index in [4.69, 9.17) is 0 Å².